The van der Waals surface area contributed by atoms with Crippen molar-refractivity contribution in [2.75, 3.05) is 25.5 Å². The van der Waals surface area contributed by atoms with Gasteiger partial charge in [0, 0.05) is 36.6 Å². The zero-order valence-electron chi connectivity index (χ0n) is 23.2. The van der Waals surface area contributed by atoms with Crippen LogP contribution in [0.25, 0.3) is 11.1 Å². The van der Waals surface area contributed by atoms with E-state index >= 15 is 0 Å². The molecule has 41 heavy (non-hydrogen) atoms. The highest BCUT2D eigenvalue weighted by Crippen LogP contribution is 2.30. The van der Waals surface area contributed by atoms with E-state index in [0.29, 0.717) is 40.8 Å². The Morgan fingerprint density at radius 2 is 1.83 bits per heavy atom. The number of nitriles is 1. The third kappa shape index (κ3) is 6.78. The van der Waals surface area contributed by atoms with Crippen LogP contribution in [0, 0.1) is 11.3 Å². The molecule has 1 aliphatic heterocycles. The van der Waals surface area contributed by atoms with Crippen LogP contribution in [0.1, 0.15) is 48.5 Å². The van der Waals surface area contributed by atoms with Crippen LogP contribution >= 0.6 is 0 Å². The molecule has 0 unspecified atom stereocenters. The number of carbonyl (C=O) groups excluding carboxylic acids is 1. The minimum atomic E-state index is -0.233. The van der Waals surface area contributed by atoms with Crippen LogP contribution in [0.3, 0.4) is 0 Å². The van der Waals surface area contributed by atoms with E-state index in [9.17, 15) is 10.1 Å². The topological polar surface area (TPSA) is 131 Å². The number of amides is 1. The lowest BCUT2D eigenvalue weighted by Gasteiger charge is -2.21. The molecule has 1 amide bonds. The Morgan fingerprint density at radius 3 is 2.51 bits per heavy atom. The normalized spacial score (nSPS) is 14.0. The molecule has 4 aromatic rings. The molecule has 11 nitrogen and oxygen atoms in total. The molecule has 0 saturated carbocycles. The van der Waals surface area contributed by atoms with Crippen molar-refractivity contribution in [3.8, 4) is 28.7 Å². The fourth-order valence-corrected chi connectivity index (χ4v) is 4.78. The van der Waals surface area contributed by atoms with Crippen molar-refractivity contribution in [3.05, 3.63) is 72.6 Å². The summed E-state index contributed by atoms with van der Waals surface area (Å²) in [5.41, 5.74) is 3.26. The molecule has 1 saturated heterocycles. The third-order valence-corrected chi connectivity index (χ3v) is 6.91. The molecule has 5 rings (SSSR count). The van der Waals surface area contributed by atoms with Gasteiger partial charge in [0.05, 0.1) is 24.9 Å². The Morgan fingerprint density at radius 1 is 1.05 bits per heavy atom. The number of hydrogen-bond donors (Lipinski definition) is 1. The smallest absolute Gasteiger partial charge is 0.253 e. The van der Waals surface area contributed by atoms with E-state index < -0.39 is 0 Å². The molecule has 11 heteroatoms. The summed E-state index contributed by atoms with van der Waals surface area (Å²) in [5.74, 6) is 1.41. The number of rotatable bonds is 9. The second-order valence-corrected chi connectivity index (χ2v) is 9.91. The molecule has 0 radical (unpaired) electrons. The zero-order chi connectivity index (χ0) is 28.6. The first kappa shape index (κ1) is 27.6. The van der Waals surface area contributed by atoms with Crippen molar-refractivity contribution < 1.29 is 14.3 Å². The number of aromatic nitrogens is 5. The molecule has 2 aromatic carbocycles. The van der Waals surface area contributed by atoms with Crippen molar-refractivity contribution in [3.63, 3.8) is 0 Å². The highest BCUT2D eigenvalue weighted by molar-refractivity contribution is 5.95. The summed E-state index contributed by atoms with van der Waals surface area (Å²) in [6.07, 6.45) is 10.7. The average molecular weight is 553 g/mol. The van der Waals surface area contributed by atoms with Gasteiger partial charge in [-0.2, -0.15) is 10.4 Å². The van der Waals surface area contributed by atoms with Gasteiger partial charge in [0.25, 0.3) is 5.91 Å². The SMILES string of the molecule is COc1cc(C(=O)N2CCCCCC2)ccc1Nc1ncc(-c2ccc(C#N)c(O[C@@H](C)Cn3cncn3)c2)cn1. The first-order chi connectivity index (χ1) is 20.0. The van der Waals surface area contributed by atoms with E-state index in [1.54, 1.807) is 48.7 Å². The summed E-state index contributed by atoms with van der Waals surface area (Å²) in [6.45, 7) is 3.98. The summed E-state index contributed by atoms with van der Waals surface area (Å²) in [7, 11) is 1.57. The van der Waals surface area contributed by atoms with Gasteiger partial charge in [-0.3, -0.25) is 4.79 Å². The number of nitrogens with zero attached hydrogens (tertiary/aromatic N) is 7. The van der Waals surface area contributed by atoms with Crippen molar-refractivity contribution >= 4 is 17.5 Å². The molecule has 210 valence electrons. The van der Waals surface area contributed by atoms with Gasteiger partial charge in [-0.15, -0.1) is 0 Å². The van der Waals surface area contributed by atoms with Crippen molar-refractivity contribution in [1.29, 1.82) is 5.26 Å². The van der Waals surface area contributed by atoms with Gasteiger partial charge in [-0.1, -0.05) is 18.9 Å². The van der Waals surface area contributed by atoms with Gasteiger partial charge in [-0.05, 0) is 55.7 Å². The highest BCUT2D eigenvalue weighted by Gasteiger charge is 2.19. The van der Waals surface area contributed by atoms with Crippen LogP contribution in [-0.4, -0.2) is 61.8 Å². The summed E-state index contributed by atoms with van der Waals surface area (Å²) in [5, 5.41) is 16.9. The fraction of sp³-hybridized carbons (Fsp3) is 0.333. The second-order valence-electron chi connectivity index (χ2n) is 9.91. The molecule has 1 aliphatic rings. The Bertz CT molecular complexity index is 1510. The van der Waals surface area contributed by atoms with Crippen LogP contribution in [-0.2, 0) is 6.54 Å². The minimum Gasteiger partial charge on any atom is -0.495 e. The Balaban J connectivity index is 1.28. The van der Waals surface area contributed by atoms with Crippen LogP contribution < -0.4 is 14.8 Å². The summed E-state index contributed by atoms with van der Waals surface area (Å²) in [4.78, 5) is 27.9. The second kappa shape index (κ2) is 12.9. The first-order valence-electron chi connectivity index (χ1n) is 13.6. The Kier molecular flexibility index (Phi) is 8.69. The number of hydrogen-bond acceptors (Lipinski definition) is 9. The molecule has 1 atom stereocenters. The quantitative estimate of drug-likeness (QED) is 0.310. The van der Waals surface area contributed by atoms with Crippen molar-refractivity contribution in [1.82, 2.24) is 29.6 Å². The van der Waals surface area contributed by atoms with E-state index in [2.05, 4.69) is 31.4 Å². The van der Waals surface area contributed by atoms with E-state index in [4.69, 9.17) is 9.47 Å². The number of anilines is 2. The van der Waals surface area contributed by atoms with Crippen LogP contribution in [0.4, 0.5) is 11.6 Å². The van der Waals surface area contributed by atoms with Crippen LogP contribution in [0.15, 0.2) is 61.4 Å². The van der Waals surface area contributed by atoms with Gasteiger partial charge in [0.2, 0.25) is 5.95 Å². The molecule has 0 aliphatic carbocycles. The van der Waals surface area contributed by atoms with Crippen LogP contribution in [0.2, 0.25) is 0 Å². The van der Waals surface area contributed by atoms with Gasteiger partial charge in [-0.25, -0.2) is 19.6 Å². The lowest BCUT2D eigenvalue weighted by atomic mass is 10.1. The number of likely N-dealkylation sites (tertiary alicyclic amines) is 1. The summed E-state index contributed by atoms with van der Waals surface area (Å²) in [6, 6.07) is 12.9. The number of carbonyl (C=O) groups is 1. The van der Waals surface area contributed by atoms with Crippen molar-refractivity contribution in [2.45, 2.75) is 45.3 Å². The molecule has 0 spiro atoms. The van der Waals surface area contributed by atoms with E-state index in [1.807, 2.05) is 30.0 Å². The van der Waals surface area contributed by atoms with Crippen LogP contribution in [0.5, 0.6) is 11.5 Å². The summed E-state index contributed by atoms with van der Waals surface area (Å²) < 4.78 is 13.3. The predicted octanol–water partition coefficient (Wildman–Crippen LogP) is 4.84. The Labute approximate surface area is 238 Å². The highest BCUT2D eigenvalue weighted by atomic mass is 16.5. The van der Waals surface area contributed by atoms with Gasteiger partial charge in [0.1, 0.15) is 36.3 Å². The maximum atomic E-state index is 13.0. The number of benzene rings is 2. The monoisotopic (exact) mass is 552 g/mol. The van der Waals surface area contributed by atoms with E-state index in [1.165, 1.54) is 19.2 Å². The number of methoxy groups -OCH3 is 1. The predicted molar refractivity (Wildman–Crippen MR) is 153 cm³/mol. The summed E-state index contributed by atoms with van der Waals surface area (Å²) >= 11 is 0. The molecule has 1 N–H and O–H groups in total. The molecule has 0 bridgehead atoms. The number of ether oxygens (including phenoxy) is 2. The minimum absolute atomic E-state index is 0.0240. The van der Waals surface area contributed by atoms with Crippen molar-refractivity contribution in [2.24, 2.45) is 0 Å². The lowest BCUT2D eigenvalue weighted by molar-refractivity contribution is 0.0761. The maximum Gasteiger partial charge on any atom is 0.253 e. The standard InChI is InChI=1S/C30H32N8O3/c1-21(18-38-20-32-19-35-38)41-27-13-22(7-8-24(27)15-31)25-16-33-30(34-17-25)36-26-10-9-23(14-28(26)40-2)29(39)37-11-5-3-4-6-12-37/h7-10,13-14,16-17,19-21H,3-6,11-12,18H2,1-2H3,(H,33,34,36)/t21-/m0/s1. The Hall–Kier alpha value is -4.98. The molecule has 3 heterocycles. The molecule has 1 fully saturated rings. The molecule has 2 aromatic heterocycles. The molecular weight excluding hydrogens is 520 g/mol. The average Bonchev–Trinajstić information content (AvgIpc) is 3.35. The maximum absolute atomic E-state index is 13.0. The van der Waals surface area contributed by atoms with Gasteiger partial charge >= 0.3 is 0 Å². The van der Waals surface area contributed by atoms with E-state index in [-0.39, 0.29) is 12.0 Å². The molecular formula is C30H32N8O3. The third-order valence-electron chi connectivity index (χ3n) is 6.91. The number of nitrogens with one attached hydrogen (secondary N) is 1. The fourth-order valence-electron chi connectivity index (χ4n) is 4.78. The first-order valence-corrected chi connectivity index (χ1v) is 13.6. The largest absolute Gasteiger partial charge is 0.495 e. The zero-order valence-corrected chi connectivity index (χ0v) is 23.2. The van der Waals surface area contributed by atoms with Gasteiger partial charge in [0.15, 0.2) is 0 Å². The lowest BCUT2D eigenvalue weighted by Crippen LogP contribution is -2.31. The van der Waals surface area contributed by atoms with E-state index in [0.717, 1.165) is 37.1 Å². The van der Waals surface area contributed by atoms with Gasteiger partial charge < -0.3 is 19.7 Å².